The zero-order valence-electron chi connectivity index (χ0n) is 24.2. The molecule has 0 aromatic rings. The Balaban J connectivity index is 2.99. The van der Waals surface area contributed by atoms with E-state index in [0.29, 0.717) is 0 Å². The highest BCUT2D eigenvalue weighted by Gasteiger charge is 2.33. The van der Waals surface area contributed by atoms with Crippen LogP contribution in [0.2, 0.25) is 0 Å². The molecule has 0 radical (unpaired) electrons. The largest absolute Gasteiger partial charge is 0.486 e. The van der Waals surface area contributed by atoms with Gasteiger partial charge in [-0.3, -0.25) is 4.52 Å². The molecule has 10 heteroatoms. The van der Waals surface area contributed by atoms with Gasteiger partial charge in [-0.1, -0.05) is 57.4 Å². The minimum absolute atomic E-state index is 0.00340. The number of ether oxygens (including phenoxy) is 1. The number of hydrogen-bond donors (Lipinski definition) is 3. The highest BCUT2D eigenvalue weighted by molar-refractivity contribution is 7.60. The van der Waals surface area contributed by atoms with Crippen LogP contribution in [0.25, 0.3) is 0 Å². The van der Waals surface area contributed by atoms with Gasteiger partial charge < -0.3 is 19.4 Å². The number of phosphoric acid groups is 2. The maximum absolute atomic E-state index is 11.7. The minimum atomic E-state index is -5.14. The first-order chi connectivity index (χ1) is 18.2. The summed E-state index contributed by atoms with van der Waals surface area (Å²) in [7, 11) is -10.0. The quantitative estimate of drug-likeness (QED) is 0.0834. The Bertz CT molecular complexity index is 1110. The molecule has 0 fully saturated rings. The second-order valence-corrected chi connectivity index (χ2v) is 13.0. The van der Waals surface area contributed by atoms with Crippen molar-refractivity contribution in [2.75, 3.05) is 6.61 Å². The van der Waals surface area contributed by atoms with Crippen molar-refractivity contribution in [3.8, 4) is 0 Å². The van der Waals surface area contributed by atoms with Crippen molar-refractivity contribution in [1.82, 2.24) is 0 Å². The second-order valence-electron chi connectivity index (χ2n) is 10.1. The molecule has 3 N–H and O–H groups in total. The molecule has 0 spiro atoms. The summed E-state index contributed by atoms with van der Waals surface area (Å²) in [5.41, 5.74) is 8.03. The molecule has 8 nitrogen and oxygen atoms in total. The standard InChI is InChI=1S/C29H46O8P2/c1-7-20-28(8-2,23-26(6)19-22-35-39(33,34)37-38(30,31)32)21-18-25(5)24-29(9-3,10-4)36-27-16-14-12-11-13-15-17-27/h11-12,15-19H,7-10,20-24H2,1-6H3,(H,33,34)(H2,30,31,32). The minimum Gasteiger partial charge on any atom is -0.486 e. The lowest BCUT2D eigenvalue weighted by Crippen LogP contribution is -2.31. The van der Waals surface area contributed by atoms with Crippen molar-refractivity contribution in [1.29, 1.82) is 0 Å². The summed E-state index contributed by atoms with van der Waals surface area (Å²) in [5.74, 6) is 0.763. The Morgan fingerprint density at radius 2 is 1.56 bits per heavy atom. The van der Waals surface area contributed by atoms with E-state index in [1.165, 1.54) is 5.57 Å². The van der Waals surface area contributed by atoms with Gasteiger partial charge in [0.15, 0.2) is 0 Å². The number of allylic oxidation sites excluding steroid dienone is 5. The maximum atomic E-state index is 11.7. The summed E-state index contributed by atoms with van der Waals surface area (Å²) in [4.78, 5) is 27.0. The van der Waals surface area contributed by atoms with Crippen LogP contribution < -0.4 is 0 Å². The molecule has 0 amide bonds. The van der Waals surface area contributed by atoms with E-state index < -0.39 is 15.6 Å². The van der Waals surface area contributed by atoms with Crippen LogP contribution in [0.15, 0.2) is 70.9 Å². The molecule has 0 aromatic heterocycles. The number of rotatable bonds is 18. The average molecular weight is 585 g/mol. The van der Waals surface area contributed by atoms with Crippen molar-refractivity contribution in [2.45, 2.75) is 98.5 Å². The van der Waals surface area contributed by atoms with Gasteiger partial charge in [0.25, 0.3) is 0 Å². The van der Waals surface area contributed by atoms with Crippen LogP contribution in [0.5, 0.6) is 0 Å². The molecule has 0 saturated carbocycles. The van der Waals surface area contributed by atoms with Gasteiger partial charge in [-0.05, 0) is 82.1 Å². The van der Waals surface area contributed by atoms with Gasteiger partial charge in [0.2, 0.25) is 0 Å². The van der Waals surface area contributed by atoms with Crippen molar-refractivity contribution in [2.24, 2.45) is 5.41 Å². The first-order valence-corrected chi connectivity index (χ1v) is 16.5. The normalized spacial score (nSPS) is 17.8. The molecule has 1 aliphatic carbocycles. The molecule has 2 atom stereocenters. The highest BCUT2D eigenvalue weighted by atomic mass is 31.3. The first-order valence-electron chi connectivity index (χ1n) is 13.5. The Morgan fingerprint density at radius 1 is 0.923 bits per heavy atom. The van der Waals surface area contributed by atoms with Crippen LogP contribution in [0.3, 0.4) is 0 Å². The Hall–Kier alpha value is -1.68. The van der Waals surface area contributed by atoms with E-state index in [9.17, 15) is 14.0 Å². The van der Waals surface area contributed by atoms with Crippen LogP contribution in [-0.4, -0.2) is 26.9 Å². The number of hydrogen-bond acceptors (Lipinski definition) is 5. The molecule has 0 aliphatic heterocycles. The predicted molar refractivity (Wildman–Crippen MR) is 156 cm³/mol. The van der Waals surface area contributed by atoms with Crippen molar-refractivity contribution >= 4 is 15.6 Å². The molecule has 0 saturated heterocycles. The van der Waals surface area contributed by atoms with Crippen LogP contribution in [-0.2, 0) is 22.7 Å². The fraction of sp³-hybridized carbons (Fsp3) is 0.586. The van der Waals surface area contributed by atoms with Crippen LogP contribution >= 0.6 is 15.6 Å². The first kappa shape index (κ1) is 35.3. The molecule has 1 aliphatic rings. The van der Waals surface area contributed by atoms with E-state index in [1.807, 2.05) is 25.2 Å². The summed E-state index contributed by atoms with van der Waals surface area (Å²) in [5, 5.41) is 0. The van der Waals surface area contributed by atoms with E-state index >= 15 is 0 Å². The predicted octanol–water partition coefficient (Wildman–Crippen LogP) is 8.37. The summed E-state index contributed by atoms with van der Waals surface area (Å²) in [6.07, 6.45) is 20.3. The van der Waals surface area contributed by atoms with E-state index in [4.69, 9.17) is 19.0 Å². The Kier molecular flexibility index (Phi) is 15.0. The van der Waals surface area contributed by atoms with Gasteiger partial charge in [-0.15, -0.1) is 11.5 Å². The third-order valence-corrected chi connectivity index (χ3v) is 9.17. The SMILES string of the molecule is CCCC(CC)(CC=C(C)CC(CC)(CC)OC1=CC=C=CC=C=C1)CC(C)=CCOP(=O)(O)OP(=O)(O)O. The zero-order chi connectivity index (χ0) is 29.6. The van der Waals surface area contributed by atoms with E-state index in [2.05, 4.69) is 56.5 Å². The molecule has 1 rings (SSSR count). The maximum Gasteiger partial charge on any atom is 0.481 e. The lowest BCUT2D eigenvalue weighted by molar-refractivity contribution is 0.000953. The molecule has 2 unspecified atom stereocenters. The third kappa shape index (κ3) is 14.0. The van der Waals surface area contributed by atoms with E-state index in [1.54, 1.807) is 18.2 Å². The Morgan fingerprint density at radius 3 is 2.15 bits per heavy atom. The summed E-state index contributed by atoms with van der Waals surface area (Å²) >= 11 is 0. The Labute approximate surface area is 234 Å². The molecule has 0 bridgehead atoms. The summed E-state index contributed by atoms with van der Waals surface area (Å²) in [6, 6.07) is 0. The van der Waals surface area contributed by atoms with Crippen LogP contribution in [0.1, 0.15) is 92.9 Å². The topological polar surface area (TPSA) is 123 Å². The molecular formula is C29H46O8P2. The van der Waals surface area contributed by atoms with Gasteiger partial charge in [0.1, 0.15) is 11.4 Å². The highest BCUT2D eigenvalue weighted by Crippen LogP contribution is 2.57. The van der Waals surface area contributed by atoms with Gasteiger partial charge in [0.05, 0.1) is 6.61 Å². The van der Waals surface area contributed by atoms with Gasteiger partial charge >= 0.3 is 15.6 Å². The molecular weight excluding hydrogens is 538 g/mol. The van der Waals surface area contributed by atoms with Crippen molar-refractivity contribution in [3.05, 3.63) is 70.9 Å². The van der Waals surface area contributed by atoms with E-state index in [-0.39, 0.29) is 17.6 Å². The van der Waals surface area contributed by atoms with Gasteiger partial charge in [-0.25, -0.2) is 9.13 Å². The zero-order valence-corrected chi connectivity index (χ0v) is 26.0. The lowest BCUT2D eigenvalue weighted by Gasteiger charge is -2.35. The van der Waals surface area contributed by atoms with E-state index in [0.717, 1.165) is 62.7 Å². The number of phosphoric ester groups is 1. The molecule has 0 aromatic carbocycles. The molecule has 220 valence electrons. The van der Waals surface area contributed by atoms with Crippen molar-refractivity contribution < 1.29 is 37.4 Å². The summed E-state index contributed by atoms with van der Waals surface area (Å²) < 4.78 is 37.6. The smallest absolute Gasteiger partial charge is 0.481 e. The van der Waals surface area contributed by atoms with Gasteiger partial charge in [0, 0.05) is 12.5 Å². The van der Waals surface area contributed by atoms with Crippen molar-refractivity contribution in [3.63, 3.8) is 0 Å². The average Bonchev–Trinajstić information content (AvgIpc) is 2.82. The fourth-order valence-corrected chi connectivity index (χ4v) is 6.29. The lowest BCUT2D eigenvalue weighted by atomic mass is 9.72. The fourth-order valence-electron chi connectivity index (χ4n) is 4.76. The molecule has 0 heterocycles. The van der Waals surface area contributed by atoms with Crippen LogP contribution in [0, 0.1) is 5.41 Å². The monoisotopic (exact) mass is 584 g/mol. The van der Waals surface area contributed by atoms with Crippen LogP contribution in [0.4, 0.5) is 0 Å². The second kappa shape index (κ2) is 16.6. The third-order valence-electron chi connectivity index (χ3n) is 7.02. The van der Waals surface area contributed by atoms with Gasteiger partial charge in [-0.2, -0.15) is 4.31 Å². The molecule has 39 heavy (non-hydrogen) atoms. The summed E-state index contributed by atoms with van der Waals surface area (Å²) in [6.45, 7) is 12.4.